The average Bonchev–Trinajstić information content (AvgIpc) is 2.41. The van der Waals surface area contributed by atoms with E-state index in [9.17, 15) is 4.79 Å². The zero-order valence-electron chi connectivity index (χ0n) is 8.78. The van der Waals surface area contributed by atoms with Gasteiger partial charge in [0.05, 0.1) is 0 Å². The molecular weight excluding hydrogens is 180 g/mol. The minimum Gasteiger partial charge on any atom is -0.480 e. The van der Waals surface area contributed by atoms with Crippen LogP contribution in [0.4, 0.5) is 0 Å². The molecule has 3 N–H and O–H groups in total. The van der Waals surface area contributed by atoms with Crippen molar-refractivity contribution in [3.63, 3.8) is 0 Å². The Labute approximate surface area is 85.1 Å². The van der Waals surface area contributed by atoms with Crippen LogP contribution in [0.1, 0.15) is 26.2 Å². The molecule has 1 saturated heterocycles. The van der Waals surface area contributed by atoms with Crippen molar-refractivity contribution in [1.82, 2.24) is 4.90 Å². The summed E-state index contributed by atoms with van der Waals surface area (Å²) in [7, 11) is 0. The third-order valence-corrected chi connectivity index (χ3v) is 3.11. The van der Waals surface area contributed by atoms with Crippen molar-refractivity contribution in [2.24, 2.45) is 11.7 Å². The molecule has 0 spiro atoms. The van der Waals surface area contributed by atoms with Crippen molar-refractivity contribution in [3.8, 4) is 0 Å². The first-order valence-electron chi connectivity index (χ1n) is 5.36. The van der Waals surface area contributed by atoms with Gasteiger partial charge in [-0.3, -0.25) is 4.79 Å². The molecule has 0 saturated carbocycles. The summed E-state index contributed by atoms with van der Waals surface area (Å²) in [4.78, 5) is 13.1. The predicted octanol–water partition coefficient (Wildman–Crippen LogP) is 0.520. The molecule has 1 heterocycles. The van der Waals surface area contributed by atoms with Crippen LogP contribution in [0.3, 0.4) is 0 Å². The Kier molecular flexibility index (Phi) is 4.35. The normalized spacial score (nSPS) is 26.9. The summed E-state index contributed by atoms with van der Waals surface area (Å²) in [5, 5.41) is 8.81. The van der Waals surface area contributed by atoms with E-state index in [0.29, 0.717) is 0 Å². The smallest absolute Gasteiger partial charge is 0.320 e. The highest BCUT2D eigenvalue weighted by molar-refractivity contribution is 5.73. The van der Waals surface area contributed by atoms with Gasteiger partial charge in [0, 0.05) is 0 Å². The van der Waals surface area contributed by atoms with Crippen LogP contribution in [-0.2, 0) is 4.79 Å². The van der Waals surface area contributed by atoms with Gasteiger partial charge in [-0.25, -0.2) is 0 Å². The van der Waals surface area contributed by atoms with Gasteiger partial charge in [0.1, 0.15) is 6.04 Å². The number of hydrogen-bond acceptors (Lipinski definition) is 3. The lowest BCUT2D eigenvalue weighted by atomic mass is 9.93. The van der Waals surface area contributed by atoms with E-state index in [2.05, 4.69) is 11.8 Å². The summed E-state index contributed by atoms with van der Waals surface area (Å²) in [5.74, 6) is -0.705. The molecule has 1 aliphatic heterocycles. The molecule has 0 aromatic heterocycles. The summed E-state index contributed by atoms with van der Waals surface area (Å²) in [6.45, 7) is 5.26. The zero-order chi connectivity index (χ0) is 10.6. The van der Waals surface area contributed by atoms with Crippen molar-refractivity contribution in [1.29, 1.82) is 0 Å². The van der Waals surface area contributed by atoms with Gasteiger partial charge in [0.15, 0.2) is 0 Å². The first-order valence-corrected chi connectivity index (χ1v) is 5.36. The molecule has 4 nitrogen and oxygen atoms in total. The highest BCUT2D eigenvalue weighted by atomic mass is 16.4. The van der Waals surface area contributed by atoms with Crippen LogP contribution in [0.2, 0.25) is 0 Å². The van der Waals surface area contributed by atoms with E-state index in [4.69, 9.17) is 10.8 Å². The third-order valence-electron chi connectivity index (χ3n) is 3.11. The molecular formula is C10H20N2O2. The van der Waals surface area contributed by atoms with E-state index in [1.54, 1.807) is 0 Å². The standard InChI is InChI=1S/C10H20N2O2/c1-2-12-6-3-4-8(5-7-12)9(11)10(13)14/h8-9H,2-7,11H2,1H3,(H,13,14). The van der Waals surface area contributed by atoms with Crippen molar-refractivity contribution in [3.05, 3.63) is 0 Å². The van der Waals surface area contributed by atoms with E-state index in [0.717, 1.165) is 38.9 Å². The van der Waals surface area contributed by atoms with Crippen LogP contribution in [-0.4, -0.2) is 41.7 Å². The Morgan fingerprint density at radius 2 is 2.29 bits per heavy atom. The summed E-state index contributed by atoms with van der Waals surface area (Å²) >= 11 is 0. The summed E-state index contributed by atoms with van der Waals surface area (Å²) in [6, 6.07) is -0.674. The van der Waals surface area contributed by atoms with E-state index in [-0.39, 0.29) is 5.92 Å². The van der Waals surface area contributed by atoms with Gasteiger partial charge in [0.25, 0.3) is 0 Å². The zero-order valence-corrected chi connectivity index (χ0v) is 8.78. The molecule has 82 valence electrons. The van der Waals surface area contributed by atoms with Crippen molar-refractivity contribution in [2.75, 3.05) is 19.6 Å². The van der Waals surface area contributed by atoms with Gasteiger partial charge in [-0.15, -0.1) is 0 Å². The van der Waals surface area contributed by atoms with Crippen LogP contribution >= 0.6 is 0 Å². The Morgan fingerprint density at radius 3 is 2.86 bits per heavy atom. The van der Waals surface area contributed by atoms with Gasteiger partial charge in [-0.2, -0.15) is 0 Å². The number of nitrogens with two attached hydrogens (primary N) is 1. The largest absolute Gasteiger partial charge is 0.480 e. The number of aliphatic carboxylic acids is 1. The van der Waals surface area contributed by atoms with Crippen molar-refractivity contribution >= 4 is 5.97 Å². The minimum absolute atomic E-state index is 0.157. The number of carbonyl (C=O) groups is 1. The van der Waals surface area contributed by atoms with Gasteiger partial charge in [0.2, 0.25) is 0 Å². The number of carboxylic acids is 1. The van der Waals surface area contributed by atoms with Crippen LogP contribution in [0, 0.1) is 5.92 Å². The molecule has 14 heavy (non-hydrogen) atoms. The molecule has 0 aromatic rings. The van der Waals surface area contributed by atoms with Crippen LogP contribution in [0.5, 0.6) is 0 Å². The molecule has 0 bridgehead atoms. The predicted molar refractivity (Wildman–Crippen MR) is 55.1 cm³/mol. The number of nitrogens with zero attached hydrogens (tertiary/aromatic N) is 1. The van der Waals surface area contributed by atoms with Gasteiger partial charge in [-0.1, -0.05) is 6.92 Å². The lowest BCUT2D eigenvalue weighted by Crippen LogP contribution is -2.38. The molecule has 4 heteroatoms. The monoisotopic (exact) mass is 200 g/mol. The van der Waals surface area contributed by atoms with Crippen molar-refractivity contribution in [2.45, 2.75) is 32.2 Å². The number of likely N-dealkylation sites (tertiary alicyclic amines) is 1. The second-order valence-corrected chi connectivity index (χ2v) is 3.99. The minimum atomic E-state index is -0.861. The fraction of sp³-hybridized carbons (Fsp3) is 0.900. The highest BCUT2D eigenvalue weighted by Gasteiger charge is 2.26. The Hall–Kier alpha value is -0.610. The maximum atomic E-state index is 10.7. The summed E-state index contributed by atoms with van der Waals surface area (Å²) in [6.07, 6.45) is 2.94. The third kappa shape index (κ3) is 2.96. The molecule has 1 rings (SSSR count). The molecule has 1 aliphatic rings. The van der Waals surface area contributed by atoms with Crippen LogP contribution < -0.4 is 5.73 Å². The van der Waals surface area contributed by atoms with Gasteiger partial charge >= 0.3 is 5.97 Å². The van der Waals surface area contributed by atoms with E-state index in [1.165, 1.54) is 0 Å². The van der Waals surface area contributed by atoms with E-state index < -0.39 is 12.0 Å². The maximum absolute atomic E-state index is 10.7. The topological polar surface area (TPSA) is 66.6 Å². The van der Waals surface area contributed by atoms with Gasteiger partial charge < -0.3 is 15.7 Å². The fourth-order valence-electron chi connectivity index (χ4n) is 2.06. The SMILES string of the molecule is CCN1CCCC(C(N)C(=O)O)CC1. The first-order chi connectivity index (χ1) is 6.65. The molecule has 0 amide bonds. The van der Waals surface area contributed by atoms with Crippen LogP contribution in [0.15, 0.2) is 0 Å². The Bertz CT molecular complexity index is 197. The fourth-order valence-corrected chi connectivity index (χ4v) is 2.06. The highest BCUT2D eigenvalue weighted by Crippen LogP contribution is 2.19. The molecule has 0 radical (unpaired) electrons. The average molecular weight is 200 g/mol. The number of hydrogen-bond donors (Lipinski definition) is 2. The molecule has 0 aliphatic carbocycles. The first kappa shape index (κ1) is 11.5. The quantitative estimate of drug-likeness (QED) is 0.697. The molecule has 2 atom stereocenters. The lowest BCUT2D eigenvalue weighted by molar-refractivity contribution is -0.140. The number of rotatable bonds is 3. The summed E-state index contributed by atoms with van der Waals surface area (Å²) < 4.78 is 0. The van der Waals surface area contributed by atoms with Crippen LogP contribution in [0.25, 0.3) is 0 Å². The molecule has 2 unspecified atom stereocenters. The molecule has 1 fully saturated rings. The Balaban J connectivity index is 2.45. The maximum Gasteiger partial charge on any atom is 0.320 e. The second kappa shape index (κ2) is 5.32. The van der Waals surface area contributed by atoms with Gasteiger partial charge in [-0.05, 0) is 44.8 Å². The summed E-state index contributed by atoms with van der Waals surface area (Å²) in [5.41, 5.74) is 5.63. The lowest BCUT2D eigenvalue weighted by Gasteiger charge is -2.19. The number of carboxylic acid groups (broad SMARTS) is 1. The molecule has 0 aromatic carbocycles. The Morgan fingerprint density at radius 1 is 1.57 bits per heavy atom. The van der Waals surface area contributed by atoms with E-state index >= 15 is 0 Å². The second-order valence-electron chi connectivity index (χ2n) is 3.99. The van der Waals surface area contributed by atoms with Crippen molar-refractivity contribution < 1.29 is 9.90 Å². The van der Waals surface area contributed by atoms with E-state index in [1.807, 2.05) is 0 Å².